The number of ether oxygens (including phenoxy) is 2. The molecule has 45 heavy (non-hydrogen) atoms. The van der Waals surface area contributed by atoms with E-state index in [1.54, 1.807) is 61.5 Å². The summed E-state index contributed by atoms with van der Waals surface area (Å²) in [7, 11) is -1.45. The summed E-state index contributed by atoms with van der Waals surface area (Å²) in [6, 6.07) is 28.0. The van der Waals surface area contributed by atoms with E-state index in [1.807, 2.05) is 30.3 Å². The van der Waals surface area contributed by atoms with E-state index < -0.39 is 28.5 Å². The molecule has 9 nitrogen and oxygen atoms in total. The molecule has 0 aliphatic heterocycles. The first-order valence-electron chi connectivity index (χ1n) is 14.3. The Morgan fingerprint density at radius 2 is 1.47 bits per heavy atom. The lowest BCUT2D eigenvalue weighted by molar-refractivity contribution is -0.140. The van der Waals surface area contributed by atoms with Crippen LogP contribution in [0.1, 0.15) is 18.1 Å². The predicted molar refractivity (Wildman–Crippen MR) is 175 cm³/mol. The van der Waals surface area contributed by atoms with Crippen LogP contribution in [0.15, 0.2) is 108 Å². The van der Waals surface area contributed by atoms with E-state index in [2.05, 4.69) is 5.32 Å². The van der Waals surface area contributed by atoms with Crippen LogP contribution < -0.4 is 19.1 Å². The highest BCUT2D eigenvalue weighted by molar-refractivity contribution is 7.92. The molecule has 4 rings (SSSR count). The molecular formula is C34H36ClN3O6S. The molecule has 236 valence electrons. The van der Waals surface area contributed by atoms with E-state index >= 15 is 0 Å². The lowest BCUT2D eigenvalue weighted by atomic mass is 10.0. The molecule has 1 N–H and O–H groups in total. The van der Waals surface area contributed by atoms with Crippen molar-refractivity contribution in [3.63, 3.8) is 0 Å². The number of methoxy groups -OCH3 is 2. The maximum Gasteiger partial charge on any atom is 0.264 e. The van der Waals surface area contributed by atoms with Crippen LogP contribution >= 0.6 is 11.6 Å². The van der Waals surface area contributed by atoms with Crippen molar-refractivity contribution in [1.82, 2.24) is 10.2 Å². The summed E-state index contributed by atoms with van der Waals surface area (Å²) in [4.78, 5) is 29.3. The van der Waals surface area contributed by atoms with E-state index in [-0.39, 0.29) is 35.2 Å². The molecule has 1 atom stereocenters. The zero-order chi connectivity index (χ0) is 32.4. The van der Waals surface area contributed by atoms with Crippen molar-refractivity contribution >= 4 is 39.1 Å². The number of rotatable bonds is 14. The van der Waals surface area contributed by atoms with Gasteiger partial charge in [-0.05, 0) is 48.4 Å². The van der Waals surface area contributed by atoms with Gasteiger partial charge in [0.2, 0.25) is 11.8 Å². The fraction of sp³-hybridized carbons (Fsp3) is 0.235. The molecule has 0 bridgehead atoms. The molecule has 0 aromatic heterocycles. The molecule has 0 radical (unpaired) electrons. The maximum absolute atomic E-state index is 14.4. The fourth-order valence-electron chi connectivity index (χ4n) is 4.88. The average molecular weight is 650 g/mol. The summed E-state index contributed by atoms with van der Waals surface area (Å²) >= 11 is 6.52. The van der Waals surface area contributed by atoms with E-state index in [0.717, 1.165) is 9.87 Å². The maximum atomic E-state index is 14.4. The number of para-hydroxylation sites is 1. The lowest BCUT2D eigenvalue weighted by Crippen LogP contribution is -2.53. The third-order valence-electron chi connectivity index (χ3n) is 7.19. The van der Waals surface area contributed by atoms with Crippen molar-refractivity contribution in [3.05, 3.63) is 119 Å². The van der Waals surface area contributed by atoms with Crippen molar-refractivity contribution in [2.45, 2.75) is 30.8 Å². The highest BCUT2D eigenvalue weighted by Crippen LogP contribution is 2.32. The monoisotopic (exact) mass is 649 g/mol. The normalized spacial score (nSPS) is 11.7. The fourth-order valence-corrected chi connectivity index (χ4v) is 6.51. The molecule has 0 unspecified atom stereocenters. The number of sulfonamides is 1. The van der Waals surface area contributed by atoms with Gasteiger partial charge >= 0.3 is 0 Å². The van der Waals surface area contributed by atoms with Gasteiger partial charge in [-0.25, -0.2) is 8.42 Å². The van der Waals surface area contributed by atoms with Crippen LogP contribution in [0.5, 0.6) is 11.5 Å². The van der Waals surface area contributed by atoms with Gasteiger partial charge in [-0.3, -0.25) is 13.9 Å². The molecule has 0 fully saturated rings. The number of likely N-dealkylation sites (N-methyl/N-ethyl adjacent to an activating group) is 1. The van der Waals surface area contributed by atoms with Gasteiger partial charge in [0.1, 0.15) is 12.6 Å². The number of carbonyl (C=O) groups is 2. The van der Waals surface area contributed by atoms with Crippen molar-refractivity contribution in [2.75, 3.05) is 31.6 Å². The van der Waals surface area contributed by atoms with E-state index in [1.165, 1.54) is 37.3 Å². The Morgan fingerprint density at radius 1 is 0.844 bits per heavy atom. The van der Waals surface area contributed by atoms with Gasteiger partial charge in [0.15, 0.2) is 11.5 Å². The van der Waals surface area contributed by atoms with Gasteiger partial charge in [-0.15, -0.1) is 0 Å². The van der Waals surface area contributed by atoms with Gasteiger partial charge < -0.3 is 19.7 Å². The van der Waals surface area contributed by atoms with Crippen LogP contribution in [0, 0.1) is 0 Å². The van der Waals surface area contributed by atoms with Crippen molar-refractivity contribution in [2.24, 2.45) is 0 Å². The molecule has 2 amide bonds. The Labute approximate surface area is 269 Å². The molecule has 0 saturated heterocycles. The van der Waals surface area contributed by atoms with Crippen molar-refractivity contribution in [1.29, 1.82) is 0 Å². The second kappa shape index (κ2) is 15.5. The average Bonchev–Trinajstić information content (AvgIpc) is 3.06. The van der Waals surface area contributed by atoms with Gasteiger partial charge in [0, 0.05) is 30.6 Å². The van der Waals surface area contributed by atoms with Crippen LogP contribution in [-0.4, -0.2) is 58.5 Å². The summed E-state index contributed by atoms with van der Waals surface area (Å²) in [6.07, 6.45) is 0.205. The molecule has 0 aliphatic carbocycles. The minimum Gasteiger partial charge on any atom is -0.493 e. The predicted octanol–water partition coefficient (Wildman–Crippen LogP) is 5.33. The molecule has 0 aliphatic rings. The zero-order valence-corrected chi connectivity index (χ0v) is 26.9. The molecule has 4 aromatic carbocycles. The smallest absolute Gasteiger partial charge is 0.264 e. The number of anilines is 1. The highest BCUT2D eigenvalue weighted by atomic mass is 35.5. The molecule has 0 saturated carbocycles. The van der Waals surface area contributed by atoms with E-state index in [4.69, 9.17) is 21.1 Å². The first-order valence-corrected chi connectivity index (χ1v) is 16.2. The Morgan fingerprint density at radius 3 is 2.09 bits per heavy atom. The number of benzene rings is 4. The summed E-state index contributed by atoms with van der Waals surface area (Å²) < 4.78 is 40.1. The minimum absolute atomic E-state index is 0.0216. The molecule has 4 aromatic rings. The van der Waals surface area contributed by atoms with Gasteiger partial charge in [0.25, 0.3) is 10.0 Å². The van der Waals surface area contributed by atoms with Crippen LogP contribution in [0.2, 0.25) is 5.02 Å². The number of halogens is 1. The number of hydrogen-bond donors (Lipinski definition) is 1. The van der Waals surface area contributed by atoms with Crippen LogP contribution in [-0.2, 0) is 32.6 Å². The molecule has 0 spiro atoms. The SMILES string of the molecule is CCNC(=O)[C@H](Cc1ccccc1)N(Cc1ccccc1Cl)C(=O)CN(c1ccccc1)S(=O)(=O)c1ccc(OC)c(OC)c1. The highest BCUT2D eigenvalue weighted by Gasteiger charge is 2.35. The molecule has 0 heterocycles. The Kier molecular flexibility index (Phi) is 11.5. The molecule has 11 heteroatoms. The minimum atomic E-state index is -4.31. The molecular weight excluding hydrogens is 614 g/mol. The lowest BCUT2D eigenvalue weighted by Gasteiger charge is -2.34. The van der Waals surface area contributed by atoms with Crippen LogP contribution in [0.4, 0.5) is 5.69 Å². The number of nitrogens with one attached hydrogen (secondary N) is 1. The van der Waals surface area contributed by atoms with Gasteiger partial charge in [-0.1, -0.05) is 78.3 Å². The summed E-state index contributed by atoms with van der Waals surface area (Å²) in [5.74, 6) is -0.376. The van der Waals surface area contributed by atoms with Crippen LogP contribution in [0.25, 0.3) is 0 Å². The number of amides is 2. The quantitative estimate of drug-likeness (QED) is 0.198. The van der Waals surface area contributed by atoms with Gasteiger partial charge in [0.05, 0.1) is 24.8 Å². The number of carbonyl (C=O) groups excluding carboxylic acids is 2. The zero-order valence-electron chi connectivity index (χ0n) is 25.4. The van der Waals surface area contributed by atoms with Crippen LogP contribution in [0.3, 0.4) is 0 Å². The topological polar surface area (TPSA) is 105 Å². The summed E-state index contributed by atoms with van der Waals surface area (Å²) in [5.41, 5.74) is 1.73. The third kappa shape index (κ3) is 8.14. The second-order valence-electron chi connectivity index (χ2n) is 10.1. The van der Waals surface area contributed by atoms with Crippen molar-refractivity contribution in [3.8, 4) is 11.5 Å². The standard InChI is InChI=1S/C34H36ClN3O6S/c1-4-36-34(40)30(21-25-13-7-5-8-14-25)37(23-26-15-11-12-18-29(26)35)33(39)24-38(27-16-9-6-10-17-27)45(41,42)28-19-20-31(43-2)32(22-28)44-3/h5-20,22,30H,4,21,23-24H2,1-3H3,(H,36,40)/t30-/m0/s1. The van der Waals surface area contributed by atoms with Gasteiger partial charge in [-0.2, -0.15) is 0 Å². The Balaban J connectivity index is 1.81. The largest absolute Gasteiger partial charge is 0.493 e. The summed E-state index contributed by atoms with van der Waals surface area (Å²) in [6.45, 7) is 1.54. The van der Waals surface area contributed by atoms with Crippen molar-refractivity contribution < 1.29 is 27.5 Å². The first-order chi connectivity index (χ1) is 21.7. The van der Waals surface area contributed by atoms with E-state index in [9.17, 15) is 18.0 Å². The third-order valence-corrected chi connectivity index (χ3v) is 9.33. The Bertz CT molecular complexity index is 1700. The summed E-state index contributed by atoms with van der Waals surface area (Å²) in [5, 5.41) is 3.26. The van der Waals surface area contributed by atoms with E-state index in [0.29, 0.717) is 22.9 Å². The number of hydrogen-bond acceptors (Lipinski definition) is 6. The first kappa shape index (κ1) is 33.4. The number of nitrogens with zero attached hydrogens (tertiary/aromatic N) is 2. The Hall–Kier alpha value is -4.54. The second-order valence-corrected chi connectivity index (χ2v) is 12.3.